The minimum absolute atomic E-state index is 0.0672. The van der Waals surface area contributed by atoms with Crippen molar-refractivity contribution < 1.29 is 23.9 Å². The number of carbonyl (C=O) groups is 3. The number of nitrogens with zero attached hydrogens (tertiary/aromatic N) is 3. The molecule has 0 N–H and O–H groups in total. The van der Waals surface area contributed by atoms with Crippen LogP contribution in [0.15, 0.2) is 30.5 Å². The fourth-order valence-electron chi connectivity index (χ4n) is 2.61. The smallest absolute Gasteiger partial charge is 0.273 e. The molecular formula is C18H19N3O5S. The number of ether oxygens (including phenoxy) is 2. The Morgan fingerprint density at radius 1 is 1.22 bits per heavy atom. The molecular weight excluding hydrogens is 370 g/mol. The zero-order chi connectivity index (χ0) is 19.6. The second-order valence-corrected chi connectivity index (χ2v) is 7.12. The summed E-state index contributed by atoms with van der Waals surface area (Å²) < 4.78 is 10.9. The topological polar surface area (TPSA) is 89.0 Å². The first-order chi connectivity index (χ1) is 12.9. The summed E-state index contributed by atoms with van der Waals surface area (Å²) in [6.45, 7) is 0.157. The maximum atomic E-state index is 12.4. The quantitative estimate of drug-likeness (QED) is 0.668. The highest BCUT2D eigenvalue weighted by molar-refractivity contribution is 7.15. The Morgan fingerprint density at radius 3 is 2.41 bits per heavy atom. The summed E-state index contributed by atoms with van der Waals surface area (Å²) >= 11 is 1.13. The van der Waals surface area contributed by atoms with E-state index in [-0.39, 0.29) is 30.9 Å². The molecule has 1 aromatic heterocycles. The molecule has 0 spiro atoms. The average molecular weight is 389 g/mol. The van der Waals surface area contributed by atoms with Crippen LogP contribution in [0.25, 0.3) is 0 Å². The van der Waals surface area contributed by atoms with Gasteiger partial charge in [-0.1, -0.05) is 23.5 Å². The third-order valence-corrected chi connectivity index (χ3v) is 4.99. The largest absolute Gasteiger partial charge is 0.467 e. The molecule has 1 aromatic carbocycles. The van der Waals surface area contributed by atoms with Crippen molar-refractivity contribution in [2.45, 2.75) is 6.10 Å². The molecule has 0 aliphatic carbocycles. The highest BCUT2D eigenvalue weighted by Crippen LogP contribution is 2.24. The molecule has 1 aliphatic rings. The summed E-state index contributed by atoms with van der Waals surface area (Å²) in [5.74, 6) is -0.840. The molecule has 2 aromatic rings. The second-order valence-electron chi connectivity index (χ2n) is 6.13. The van der Waals surface area contributed by atoms with E-state index in [4.69, 9.17) is 9.47 Å². The number of carbonyl (C=O) groups excluding carboxylic acids is 3. The van der Waals surface area contributed by atoms with Gasteiger partial charge in [-0.15, -0.1) is 0 Å². The second kappa shape index (κ2) is 7.85. The first-order valence-corrected chi connectivity index (χ1v) is 9.02. The van der Waals surface area contributed by atoms with Crippen LogP contribution in [0.5, 0.6) is 5.19 Å². The lowest BCUT2D eigenvalue weighted by Crippen LogP contribution is -2.40. The maximum absolute atomic E-state index is 12.4. The molecule has 2 heterocycles. The van der Waals surface area contributed by atoms with Crippen LogP contribution in [0.3, 0.4) is 0 Å². The standard InChI is InChI=1S/C18H19N3O5S/c1-20(2)17(24)14-8-19-18(27-14)26-10-11(25-3)9-21-15(22)12-6-4-5-7-13(12)16(21)23/h4-8,11H,9-10H2,1-3H3. The van der Waals surface area contributed by atoms with Crippen LogP contribution >= 0.6 is 11.3 Å². The molecule has 0 saturated carbocycles. The molecule has 0 fully saturated rings. The lowest BCUT2D eigenvalue weighted by Gasteiger charge is -2.21. The van der Waals surface area contributed by atoms with Crippen LogP contribution in [0.4, 0.5) is 0 Å². The highest BCUT2D eigenvalue weighted by Gasteiger charge is 2.36. The Labute approximate surface area is 160 Å². The monoisotopic (exact) mass is 389 g/mol. The van der Waals surface area contributed by atoms with Gasteiger partial charge in [-0.25, -0.2) is 4.98 Å². The molecule has 3 rings (SSSR count). The number of amides is 3. The van der Waals surface area contributed by atoms with Crippen molar-refractivity contribution in [1.82, 2.24) is 14.8 Å². The Bertz CT molecular complexity index is 844. The van der Waals surface area contributed by atoms with Crippen LogP contribution < -0.4 is 4.74 Å². The average Bonchev–Trinajstić information content (AvgIpc) is 3.23. The molecule has 0 saturated heterocycles. The molecule has 1 aliphatic heterocycles. The Hall–Kier alpha value is -2.78. The van der Waals surface area contributed by atoms with Crippen LogP contribution in [-0.2, 0) is 4.74 Å². The molecule has 0 bridgehead atoms. The van der Waals surface area contributed by atoms with Crippen LogP contribution in [-0.4, -0.2) is 73.0 Å². The number of hydrogen-bond donors (Lipinski definition) is 0. The number of rotatable bonds is 7. The van der Waals surface area contributed by atoms with Crippen molar-refractivity contribution in [3.8, 4) is 5.19 Å². The van der Waals surface area contributed by atoms with Gasteiger partial charge in [0, 0.05) is 21.2 Å². The number of imide groups is 1. The van der Waals surface area contributed by atoms with Gasteiger partial charge in [0.1, 0.15) is 17.6 Å². The summed E-state index contributed by atoms with van der Waals surface area (Å²) in [5, 5.41) is 0.324. The Morgan fingerprint density at radius 2 is 1.85 bits per heavy atom. The fourth-order valence-corrected chi connectivity index (χ4v) is 3.41. The normalized spacial score (nSPS) is 14.3. The molecule has 8 nitrogen and oxygen atoms in total. The third kappa shape index (κ3) is 3.83. The predicted octanol–water partition coefficient (Wildman–Crippen LogP) is 1.53. The fraction of sp³-hybridized carbons (Fsp3) is 0.333. The summed E-state index contributed by atoms with van der Waals surface area (Å²) in [6, 6.07) is 6.71. The van der Waals surface area contributed by atoms with E-state index in [1.807, 2.05) is 0 Å². The van der Waals surface area contributed by atoms with Gasteiger partial charge < -0.3 is 14.4 Å². The third-order valence-electron chi connectivity index (χ3n) is 4.09. The number of methoxy groups -OCH3 is 1. The van der Waals surface area contributed by atoms with E-state index in [2.05, 4.69) is 4.98 Å². The van der Waals surface area contributed by atoms with Crippen molar-refractivity contribution in [3.05, 3.63) is 46.5 Å². The van der Waals surface area contributed by atoms with Gasteiger partial charge in [0.05, 0.1) is 23.9 Å². The van der Waals surface area contributed by atoms with E-state index in [0.717, 1.165) is 16.2 Å². The molecule has 142 valence electrons. The van der Waals surface area contributed by atoms with Gasteiger partial charge in [0.25, 0.3) is 22.9 Å². The van der Waals surface area contributed by atoms with Crippen molar-refractivity contribution >= 4 is 29.1 Å². The van der Waals surface area contributed by atoms with Gasteiger partial charge in [0.15, 0.2) is 0 Å². The van der Waals surface area contributed by atoms with Gasteiger partial charge >= 0.3 is 0 Å². The first-order valence-electron chi connectivity index (χ1n) is 8.20. The van der Waals surface area contributed by atoms with Gasteiger partial charge in [-0.2, -0.15) is 0 Å². The summed E-state index contributed by atoms with van der Waals surface area (Å²) in [7, 11) is 4.80. The molecule has 27 heavy (non-hydrogen) atoms. The van der Waals surface area contributed by atoms with E-state index in [9.17, 15) is 14.4 Å². The van der Waals surface area contributed by atoms with Crippen LogP contribution in [0.1, 0.15) is 30.4 Å². The molecule has 3 amide bonds. The van der Waals surface area contributed by atoms with Crippen molar-refractivity contribution in [2.75, 3.05) is 34.4 Å². The predicted molar refractivity (Wildman–Crippen MR) is 98.2 cm³/mol. The van der Waals surface area contributed by atoms with Crippen molar-refractivity contribution in [1.29, 1.82) is 0 Å². The number of hydrogen-bond acceptors (Lipinski definition) is 7. The van der Waals surface area contributed by atoms with E-state index in [1.54, 1.807) is 38.4 Å². The number of benzene rings is 1. The Balaban J connectivity index is 1.62. The molecule has 1 atom stereocenters. The van der Waals surface area contributed by atoms with Gasteiger partial charge in [-0.3, -0.25) is 19.3 Å². The Kier molecular flexibility index (Phi) is 5.52. The lowest BCUT2D eigenvalue weighted by molar-refractivity contribution is 0.0269. The summed E-state index contributed by atoms with van der Waals surface area (Å²) in [5.41, 5.74) is 0.787. The van der Waals surface area contributed by atoms with E-state index >= 15 is 0 Å². The zero-order valence-electron chi connectivity index (χ0n) is 15.2. The number of fused-ring (bicyclic) bond motifs is 1. The number of aromatic nitrogens is 1. The molecule has 1 unspecified atom stereocenters. The highest BCUT2D eigenvalue weighted by atomic mass is 32.1. The van der Waals surface area contributed by atoms with Gasteiger partial charge in [0.2, 0.25) is 0 Å². The van der Waals surface area contributed by atoms with E-state index < -0.39 is 6.10 Å². The maximum Gasteiger partial charge on any atom is 0.273 e. The van der Waals surface area contributed by atoms with Crippen molar-refractivity contribution in [2.24, 2.45) is 0 Å². The van der Waals surface area contributed by atoms with Crippen molar-refractivity contribution in [3.63, 3.8) is 0 Å². The van der Waals surface area contributed by atoms with Gasteiger partial charge in [-0.05, 0) is 12.1 Å². The lowest BCUT2D eigenvalue weighted by atomic mass is 10.1. The SMILES string of the molecule is COC(COc1ncc(C(=O)N(C)C)s1)CN1C(=O)c2ccccc2C1=O. The van der Waals surface area contributed by atoms with Crippen LogP contribution in [0.2, 0.25) is 0 Å². The zero-order valence-corrected chi connectivity index (χ0v) is 16.0. The minimum atomic E-state index is -0.524. The molecule has 0 radical (unpaired) electrons. The van der Waals surface area contributed by atoms with E-state index in [0.29, 0.717) is 21.2 Å². The number of thiazole rings is 1. The first kappa shape index (κ1) is 19.0. The van der Waals surface area contributed by atoms with Crippen LogP contribution in [0, 0.1) is 0 Å². The summed E-state index contributed by atoms with van der Waals surface area (Å²) in [4.78, 5) is 43.9. The summed E-state index contributed by atoms with van der Waals surface area (Å²) in [6.07, 6.45) is 0.929. The van der Waals surface area contributed by atoms with E-state index in [1.165, 1.54) is 18.2 Å². The minimum Gasteiger partial charge on any atom is -0.467 e. The molecule has 9 heteroatoms.